The number of primary amides is 1. The first-order valence-corrected chi connectivity index (χ1v) is 11.0. The van der Waals surface area contributed by atoms with Crippen molar-refractivity contribution in [2.75, 3.05) is 0 Å². The lowest BCUT2D eigenvalue weighted by molar-refractivity contribution is -0.142. The highest BCUT2D eigenvalue weighted by molar-refractivity contribution is 5.95. The van der Waals surface area contributed by atoms with Gasteiger partial charge >= 0.3 is 5.97 Å². The number of nitrogens with one attached hydrogen (secondary N) is 3. The molecule has 0 heterocycles. The van der Waals surface area contributed by atoms with E-state index in [-0.39, 0.29) is 24.7 Å². The molecule has 0 aromatic heterocycles. The van der Waals surface area contributed by atoms with Crippen molar-refractivity contribution in [3.63, 3.8) is 0 Å². The molecule has 1 aromatic carbocycles. The molecule has 0 aliphatic carbocycles. The fraction of sp³-hybridized carbons (Fsp3) is 0.522. The quantitative estimate of drug-likeness (QED) is 0.216. The Bertz CT molecular complexity index is 874. The van der Waals surface area contributed by atoms with Crippen LogP contribution >= 0.6 is 0 Å². The molecule has 1 aromatic rings. The Morgan fingerprint density at radius 1 is 0.824 bits per heavy atom. The molecule has 0 aliphatic heterocycles. The van der Waals surface area contributed by atoms with Crippen molar-refractivity contribution < 1.29 is 29.1 Å². The normalized spacial score (nSPS) is 14.6. The molecule has 0 bridgehead atoms. The van der Waals surface area contributed by atoms with E-state index in [1.165, 1.54) is 0 Å². The summed E-state index contributed by atoms with van der Waals surface area (Å²) < 4.78 is 0. The molecule has 0 saturated heterocycles. The molecule has 188 valence electrons. The number of carbonyl (C=O) groups is 5. The lowest BCUT2D eigenvalue weighted by atomic mass is 9.98. The van der Waals surface area contributed by atoms with Crippen LogP contribution in [-0.4, -0.2) is 58.9 Å². The first kappa shape index (κ1) is 28.6. The fourth-order valence-electron chi connectivity index (χ4n) is 3.19. The monoisotopic (exact) mass is 477 g/mol. The van der Waals surface area contributed by atoms with E-state index in [4.69, 9.17) is 11.5 Å². The summed E-state index contributed by atoms with van der Waals surface area (Å²) in [5.41, 5.74) is 11.4. The smallest absolute Gasteiger partial charge is 0.326 e. The number of amides is 4. The highest BCUT2D eigenvalue weighted by atomic mass is 16.4. The van der Waals surface area contributed by atoms with Crippen LogP contribution in [0.2, 0.25) is 0 Å². The molecule has 0 radical (unpaired) electrons. The van der Waals surface area contributed by atoms with Gasteiger partial charge in [0.1, 0.15) is 18.1 Å². The Hall–Kier alpha value is -3.47. The summed E-state index contributed by atoms with van der Waals surface area (Å²) in [6.07, 6.45) is -0.309. The Labute approximate surface area is 199 Å². The van der Waals surface area contributed by atoms with Crippen molar-refractivity contribution in [3.8, 4) is 0 Å². The van der Waals surface area contributed by atoms with Crippen molar-refractivity contribution in [1.82, 2.24) is 16.0 Å². The molecule has 11 nitrogen and oxygen atoms in total. The Kier molecular flexibility index (Phi) is 11.2. The highest BCUT2D eigenvalue weighted by Gasteiger charge is 2.33. The summed E-state index contributed by atoms with van der Waals surface area (Å²) in [5, 5.41) is 17.1. The Morgan fingerprint density at radius 2 is 1.29 bits per heavy atom. The number of aliphatic carboxylic acids is 1. The van der Waals surface area contributed by atoms with Crippen LogP contribution in [0.1, 0.15) is 39.7 Å². The highest BCUT2D eigenvalue weighted by Crippen LogP contribution is 2.09. The van der Waals surface area contributed by atoms with Crippen LogP contribution in [-0.2, 0) is 30.4 Å². The van der Waals surface area contributed by atoms with Crippen LogP contribution in [0.3, 0.4) is 0 Å². The van der Waals surface area contributed by atoms with E-state index in [0.717, 1.165) is 5.56 Å². The van der Waals surface area contributed by atoms with Gasteiger partial charge in [0.15, 0.2) is 0 Å². The van der Waals surface area contributed by atoms with Crippen LogP contribution in [0.15, 0.2) is 30.3 Å². The number of hydrogen-bond donors (Lipinski definition) is 6. The second-order valence-corrected chi connectivity index (χ2v) is 8.83. The molecule has 1 rings (SSSR count). The third kappa shape index (κ3) is 9.18. The predicted octanol–water partition coefficient (Wildman–Crippen LogP) is -0.717. The van der Waals surface area contributed by atoms with E-state index in [9.17, 15) is 29.1 Å². The van der Waals surface area contributed by atoms with Gasteiger partial charge in [-0.1, -0.05) is 58.0 Å². The molecule has 0 spiro atoms. The van der Waals surface area contributed by atoms with E-state index in [2.05, 4.69) is 16.0 Å². The molecule has 4 amide bonds. The second kappa shape index (κ2) is 13.3. The summed E-state index contributed by atoms with van der Waals surface area (Å²) in [6, 6.07) is 4.33. The van der Waals surface area contributed by atoms with Gasteiger partial charge in [0, 0.05) is 6.42 Å². The van der Waals surface area contributed by atoms with Crippen molar-refractivity contribution >= 4 is 29.6 Å². The largest absolute Gasteiger partial charge is 0.480 e. The molecule has 0 saturated carbocycles. The number of rotatable bonds is 13. The van der Waals surface area contributed by atoms with E-state index >= 15 is 0 Å². The van der Waals surface area contributed by atoms with Crippen molar-refractivity contribution in [2.45, 2.75) is 64.7 Å². The Balaban J connectivity index is 2.93. The number of nitrogens with two attached hydrogens (primary N) is 2. The molecule has 4 unspecified atom stereocenters. The first-order chi connectivity index (χ1) is 15.8. The Morgan fingerprint density at radius 3 is 1.74 bits per heavy atom. The number of carboxylic acids is 1. The van der Waals surface area contributed by atoms with E-state index in [0.29, 0.717) is 0 Å². The molecular weight excluding hydrogens is 442 g/mol. The number of carbonyl (C=O) groups excluding carboxylic acids is 4. The van der Waals surface area contributed by atoms with Gasteiger partial charge in [0.05, 0.1) is 12.5 Å². The lowest BCUT2D eigenvalue weighted by Gasteiger charge is -2.28. The summed E-state index contributed by atoms with van der Waals surface area (Å²) in [5.74, 6) is -4.74. The molecule has 0 fully saturated rings. The van der Waals surface area contributed by atoms with Crippen molar-refractivity contribution in [2.24, 2.45) is 23.3 Å². The SMILES string of the molecule is CC(C)C(NC(=O)C(N)CC(N)=O)C(=O)NC(C(=O)NC(Cc1ccccc1)C(=O)O)C(C)C. The van der Waals surface area contributed by atoms with Gasteiger partial charge in [-0.3, -0.25) is 19.2 Å². The number of hydrogen-bond acceptors (Lipinski definition) is 6. The van der Waals surface area contributed by atoms with Crippen molar-refractivity contribution in [1.29, 1.82) is 0 Å². The fourth-order valence-corrected chi connectivity index (χ4v) is 3.19. The van der Waals surface area contributed by atoms with Crippen LogP contribution in [0, 0.1) is 11.8 Å². The zero-order chi connectivity index (χ0) is 26.0. The van der Waals surface area contributed by atoms with Gasteiger partial charge in [0.2, 0.25) is 23.6 Å². The van der Waals surface area contributed by atoms with Crippen LogP contribution in [0.5, 0.6) is 0 Å². The zero-order valence-electron chi connectivity index (χ0n) is 19.9. The van der Waals surface area contributed by atoms with E-state index in [1.54, 1.807) is 58.0 Å². The number of carboxylic acid groups (broad SMARTS) is 1. The molecule has 8 N–H and O–H groups in total. The van der Waals surface area contributed by atoms with E-state index in [1.807, 2.05) is 0 Å². The summed E-state index contributed by atoms with van der Waals surface area (Å²) in [4.78, 5) is 60.9. The van der Waals surface area contributed by atoms with E-state index < -0.39 is 53.8 Å². The average Bonchev–Trinajstić information content (AvgIpc) is 2.74. The third-order valence-electron chi connectivity index (χ3n) is 5.15. The first-order valence-electron chi connectivity index (χ1n) is 11.0. The predicted molar refractivity (Wildman–Crippen MR) is 125 cm³/mol. The minimum atomic E-state index is -1.22. The molecule has 11 heteroatoms. The van der Waals surface area contributed by atoms with Gasteiger partial charge < -0.3 is 32.5 Å². The van der Waals surface area contributed by atoms with Crippen molar-refractivity contribution in [3.05, 3.63) is 35.9 Å². The van der Waals surface area contributed by atoms with Crippen LogP contribution in [0.25, 0.3) is 0 Å². The van der Waals surface area contributed by atoms with Crippen LogP contribution < -0.4 is 27.4 Å². The summed E-state index contributed by atoms with van der Waals surface area (Å²) >= 11 is 0. The molecule has 34 heavy (non-hydrogen) atoms. The van der Waals surface area contributed by atoms with Gasteiger partial charge in [-0.2, -0.15) is 0 Å². The second-order valence-electron chi connectivity index (χ2n) is 8.83. The van der Waals surface area contributed by atoms with Gasteiger partial charge in [0.25, 0.3) is 0 Å². The average molecular weight is 478 g/mol. The number of benzene rings is 1. The molecule has 0 aliphatic rings. The minimum absolute atomic E-state index is 0.0725. The standard InChI is InChI=1S/C23H35N5O6/c1-12(2)18(21(31)26-16(23(33)34)10-14-8-6-5-7-9-14)28-22(32)19(13(3)4)27-20(30)15(24)11-17(25)29/h5-9,12-13,15-16,18-19H,10-11,24H2,1-4H3,(H2,25,29)(H,26,31)(H,27,30)(H,28,32)(H,33,34). The molecule has 4 atom stereocenters. The topological polar surface area (TPSA) is 194 Å². The third-order valence-corrected chi connectivity index (χ3v) is 5.15. The maximum Gasteiger partial charge on any atom is 0.326 e. The maximum absolute atomic E-state index is 12.9. The summed E-state index contributed by atoms with van der Waals surface area (Å²) in [7, 11) is 0. The van der Waals surface area contributed by atoms with Gasteiger partial charge in [-0.25, -0.2) is 4.79 Å². The lowest BCUT2D eigenvalue weighted by Crippen LogP contribution is -2.59. The molecular formula is C23H35N5O6. The van der Waals surface area contributed by atoms with Gasteiger partial charge in [-0.05, 0) is 17.4 Å². The van der Waals surface area contributed by atoms with Crippen LogP contribution in [0.4, 0.5) is 0 Å². The minimum Gasteiger partial charge on any atom is -0.480 e. The zero-order valence-corrected chi connectivity index (χ0v) is 19.9. The summed E-state index contributed by atoms with van der Waals surface area (Å²) in [6.45, 7) is 6.77. The maximum atomic E-state index is 12.9. The van der Waals surface area contributed by atoms with Gasteiger partial charge in [-0.15, -0.1) is 0 Å².